The average Bonchev–Trinajstić information content (AvgIpc) is 3.45. The lowest BCUT2D eigenvalue weighted by Gasteiger charge is -2.18. The molecule has 0 bridgehead atoms. The van der Waals surface area contributed by atoms with E-state index >= 15 is 0 Å². The molecule has 196 valence electrons. The van der Waals surface area contributed by atoms with Gasteiger partial charge >= 0.3 is 18.3 Å². The van der Waals surface area contributed by atoms with Gasteiger partial charge in [0, 0.05) is 28.6 Å². The molecular weight excluding hydrogens is 518 g/mol. The highest BCUT2D eigenvalue weighted by Gasteiger charge is 2.53. The summed E-state index contributed by atoms with van der Waals surface area (Å²) < 4.78 is 106. The van der Waals surface area contributed by atoms with E-state index in [1.165, 1.54) is 0 Å². The minimum absolute atomic E-state index is 0.0753. The Bertz CT molecular complexity index is 1390. The van der Waals surface area contributed by atoms with Crippen LogP contribution in [-0.4, -0.2) is 32.9 Å². The molecule has 0 unspecified atom stereocenters. The van der Waals surface area contributed by atoms with Crippen molar-refractivity contribution >= 4 is 17.6 Å². The number of anilines is 1. The third-order valence-corrected chi connectivity index (χ3v) is 5.84. The Morgan fingerprint density at radius 2 is 1.70 bits per heavy atom. The Morgan fingerprint density at radius 1 is 1.03 bits per heavy atom. The van der Waals surface area contributed by atoms with Gasteiger partial charge < -0.3 is 10.4 Å². The Hall–Kier alpha value is -3.97. The molecule has 1 amide bonds. The summed E-state index contributed by atoms with van der Waals surface area (Å²) >= 11 is 0. The van der Waals surface area contributed by atoms with E-state index in [0.717, 1.165) is 30.6 Å². The van der Waals surface area contributed by atoms with Crippen LogP contribution in [0.15, 0.2) is 42.7 Å². The third-order valence-electron chi connectivity index (χ3n) is 5.84. The molecule has 3 aromatic rings. The second kappa shape index (κ2) is 8.85. The molecule has 1 heterocycles. The molecule has 2 aromatic carbocycles. The van der Waals surface area contributed by atoms with E-state index in [1.807, 2.05) is 0 Å². The van der Waals surface area contributed by atoms with E-state index in [-0.39, 0.29) is 35.7 Å². The van der Waals surface area contributed by atoms with Crippen molar-refractivity contribution in [2.45, 2.75) is 37.2 Å². The van der Waals surface area contributed by atoms with Crippen LogP contribution in [0.25, 0.3) is 11.1 Å². The Labute approximate surface area is 202 Å². The number of carbonyl (C=O) groups excluding carboxylic acids is 1. The van der Waals surface area contributed by atoms with Crippen molar-refractivity contribution in [2.75, 3.05) is 5.32 Å². The van der Waals surface area contributed by atoms with Gasteiger partial charge in [-0.2, -0.15) is 31.4 Å². The lowest BCUT2D eigenvalue weighted by molar-refractivity contribution is -0.142. The van der Waals surface area contributed by atoms with Crippen LogP contribution in [0.1, 0.15) is 34.3 Å². The summed E-state index contributed by atoms with van der Waals surface area (Å²) in [4.78, 5) is 24.7. The Morgan fingerprint density at radius 3 is 2.24 bits per heavy atom. The van der Waals surface area contributed by atoms with Crippen molar-refractivity contribution in [3.63, 3.8) is 0 Å². The van der Waals surface area contributed by atoms with Crippen molar-refractivity contribution in [1.82, 2.24) is 9.78 Å². The standard InChI is InChI=1S/C23H15F8N3O3/c24-16-5-12(23(29,30)31)1-2-15(16)21(3-4-21)20(37)33-13-6-14(19(35)36)18(17(25)7-13)11-8-32-34(9-11)10-22(26,27)28/h1-2,5-9H,3-4,10H2,(H,33,37)(H,35,36). The molecule has 0 saturated heterocycles. The summed E-state index contributed by atoms with van der Waals surface area (Å²) in [5, 5.41) is 15.3. The topological polar surface area (TPSA) is 84.2 Å². The first kappa shape index (κ1) is 26.1. The highest BCUT2D eigenvalue weighted by molar-refractivity contribution is 6.03. The maximum Gasteiger partial charge on any atom is 0.416 e. The van der Waals surface area contributed by atoms with Gasteiger partial charge in [0.05, 0.1) is 22.7 Å². The molecule has 14 heteroatoms. The number of alkyl halides is 6. The smallest absolute Gasteiger partial charge is 0.416 e. The molecule has 0 radical (unpaired) electrons. The van der Waals surface area contributed by atoms with Crippen molar-refractivity contribution in [3.8, 4) is 11.1 Å². The first-order valence-corrected chi connectivity index (χ1v) is 10.5. The number of nitrogens with zero attached hydrogens (tertiary/aromatic N) is 2. The molecule has 0 aliphatic heterocycles. The number of rotatable bonds is 6. The van der Waals surface area contributed by atoms with E-state index in [0.29, 0.717) is 10.7 Å². The third kappa shape index (κ3) is 5.27. The van der Waals surface area contributed by atoms with Crippen LogP contribution in [0.5, 0.6) is 0 Å². The fraction of sp³-hybridized carbons (Fsp3) is 0.261. The Kier molecular flexibility index (Phi) is 6.24. The summed E-state index contributed by atoms with van der Waals surface area (Å²) in [5.41, 5.74) is -4.97. The number of nitrogens with one attached hydrogen (secondary N) is 1. The van der Waals surface area contributed by atoms with Crippen LogP contribution in [0.2, 0.25) is 0 Å². The van der Waals surface area contributed by atoms with Crippen molar-refractivity contribution in [3.05, 3.63) is 71.1 Å². The molecule has 0 atom stereocenters. The number of benzene rings is 2. The van der Waals surface area contributed by atoms with E-state index in [4.69, 9.17) is 0 Å². The van der Waals surface area contributed by atoms with Gasteiger partial charge in [0.25, 0.3) is 0 Å². The number of hydrogen-bond donors (Lipinski definition) is 2. The molecule has 1 aliphatic carbocycles. The van der Waals surface area contributed by atoms with E-state index in [1.54, 1.807) is 0 Å². The first-order valence-electron chi connectivity index (χ1n) is 10.5. The number of carboxylic acid groups (broad SMARTS) is 1. The minimum atomic E-state index is -4.80. The largest absolute Gasteiger partial charge is 0.478 e. The summed E-state index contributed by atoms with van der Waals surface area (Å²) in [7, 11) is 0. The molecule has 6 nitrogen and oxygen atoms in total. The zero-order valence-electron chi connectivity index (χ0n) is 18.3. The van der Waals surface area contributed by atoms with Gasteiger partial charge in [-0.25, -0.2) is 13.6 Å². The normalized spacial score (nSPS) is 14.9. The molecule has 1 aliphatic rings. The number of halogens is 8. The highest BCUT2D eigenvalue weighted by atomic mass is 19.4. The quantitative estimate of drug-likeness (QED) is 0.394. The van der Waals surface area contributed by atoms with Crippen molar-refractivity contribution in [2.24, 2.45) is 0 Å². The number of carbonyl (C=O) groups is 2. The predicted octanol–water partition coefficient (Wildman–Crippen LogP) is 5.78. The lowest BCUT2D eigenvalue weighted by Crippen LogP contribution is -2.29. The Balaban J connectivity index is 1.63. The fourth-order valence-electron chi connectivity index (χ4n) is 3.98. The van der Waals surface area contributed by atoms with Gasteiger partial charge in [0.15, 0.2) is 0 Å². The van der Waals surface area contributed by atoms with Crippen LogP contribution >= 0.6 is 0 Å². The number of aromatic carboxylic acids is 1. The summed E-state index contributed by atoms with van der Waals surface area (Å²) in [5.74, 6) is -5.02. The second-order valence-electron chi connectivity index (χ2n) is 8.46. The molecule has 2 N–H and O–H groups in total. The SMILES string of the molecule is O=C(O)c1cc(NC(=O)C2(c3ccc(C(F)(F)F)cc3F)CC2)cc(F)c1-c1cnn(CC(F)(F)F)c1. The summed E-state index contributed by atoms with van der Waals surface area (Å²) in [6.45, 7) is -1.49. The van der Waals surface area contributed by atoms with Crippen LogP contribution in [0.3, 0.4) is 0 Å². The number of aromatic nitrogens is 2. The fourth-order valence-corrected chi connectivity index (χ4v) is 3.98. The molecule has 0 spiro atoms. The van der Waals surface area contributed by atoms with Gasteiger partial charge in [-0.1, -0.05) is 6.07 Å². The van der Waals surface area contributed by atoms with E-state index in [2.05, 4.69) is 10.4 Å². The van der Waals surface area contributed by atoms with Crippen LogP contribution in [0.4, 0.5) is 40.8 Å². The molecule has 37 heavy (non-hydrogen) atoms. The van der Waals surface area contributed by atoms with Gasteiger partial charge in [0.1, 0.15) is 18.2 Å². The highest BCUT2D eigenvalue weighted by Crippen LogP contribution is 2.50. The van der Waals surface area contributed by atoms with Gasteiger partial charge in [0.2, 0.25) is 5.91 Å². The van der Waals surface area contributed by atoms with Crippen LogP contribution in [0, 0.1) is 11.6 Å². The molecule has 4 rings (SSSR count). The van der Waals surface area contributed by atoms with Crippen molar-refractivity contribution in [1.29, 1.82) is 0 Å². The maximum absolute atomic E-state index is 15.0. The monoisotopic (exact) mass is 533 g/mol. The first-order chi connectivity index (χ1) is 17.1. The van der Waals surface area contributed by atoms with Gasteiger partial charge in [-0.3, -0.25) is 9.48 Å². The zero-order valence-corrected chi connectivity index (χ0v) is 18.3. The minimum Gasteiger partial charge on any atom is -0.478 e. The number of amides is 1. The molecular formula is C23H15F8N3O3. The molecule has 1 saturated carbocycles. The summed E-state index contributed by atoms with van der Waals surface area (Å²) in [6, 6.07) is 3.31. The number of carboxylic acids is 1. The van der Waals surface area contributed by atoms with Gasteiger partial charge in [-0.15, -0.1) is 0 Å². The molecule has 1 aromatic heterocycles. The number of hydrogen-bond acceptors (Lipinski definition) is 3. The van der Waals surface area contributed by atoms with Crippen LogP contribution < -0.4 is 5.32 Å². The van der Waals surface area contributed by atoms with Gasteiger partial charge in [-0.05, 0) is 37.1 Å². The zero-order chi connectivity index (χ0) is 27.3. The van der Waals surface area contributed by atoms with Crippen molar-refractivity contribution < 1.29 is 49.8 Å². The second-order valence-corrected chi connectivity index (χ2v) is 8.46. The predicted molar refractivity (Wildman–Crippen MR) is 112 cm³/mol. The molecule has 1 fully saturated rings. The van der Waals surface area contributed by atoms with Crippen LogP contribution in [-0.2, 0) is 22.9 Å². The van der Waals surface area contributed by atoms with E-state index < -0.39 is 64.5 Å². The average molecular weight is 533 g/mol. The maximum atomic E-state index is 15.0. The summed E-state index contributed by atoms with van der Waals surface area (Å²) in [6.07, 6.45) is -7.62. The lowest BCUT2D eigenvalue weighted by atomic mass is 9.93. The van der Waals surface area contributed by atoms with E-state index in [9.17, 15) is 49.8 Å².